The summed E-state index contributed by atoms with van der Waals surface area (Å²) in [6, 6.07) is 2.50. The second-order valence-corrected chi connectivity index (χ2v) is 5.65. The molecule has 0 spiro atoms. The summed E-state index contributed by atoms with van der Waals surface area (Å²) in [4.78, 5) is 8.25. The van der Waals surface area contributed by atoms with Crippen LogP contribution in [-0.4, -0.2) is 16.0 Å². The van der Waals surface area contributed by atoms with Crippen molar-refractivity contribution in [2.24, 2.45) is 11.8 Å². The van der Waals surface area contributed by atoms with Gasteiger partial charge in [0.25, 0.3) is 0 Å². The number of halogens is 1. The summed E-state index contributed by atoms with van der Waals surface area (Å²) < 4.78 is 0.835. The zero-order chi connectivity index (χ0) is 11.5. The van der Waals surface area contributed by atoms with Gasteiger partial charge in [0.2, 0.25) is 0 Å². The predicted octanol–water partition coefficient (Wildman–Crippen LogP) is 3.48. The largest absolute Gasteiger partial charge is 0.367 e. The van der Waals surface area contributed by atoms with Crippen molar-refractivity contribution >= 4 is 21.7 Å². The molecule has 0 saturated heterocycles. The number of aromatic nitrogens is 2. The third kappa shape index (κ3) is 2.94. The van der Waals surface area contributed by atoms with Gasteiger partial charge in [0.15, 0.2) is 0 Å². The summed E-state index contributed by atoms with van der Waals surface area (Å²) in [6.07, 6.45) is 5.38. The van der Waals surface area contributed by atoms with Gasteiger partial charge in [-0.25, -0.2) is 9.97 Å². The summed E-state index contributed by atoms with van der Waals surface area (Å²) >= 11 is 3.36. The van der Waals surface area contributed by atoms with Crippen LogP contribution in [0.5, 0.6) is 0 Å². The molecule has 1 aliphatic rings. The molecule has 0 aromatic carbocycles. The van der Waals surface area contributed by atoms with Crippen LogP contribution in [-0.2, 0) is 0 Å². The van der Waals surface area contributed by atoms with Gasteiger partial charge in [-0.15, -0.1) is 0 Å². The summed E-state index contributed by atoms with van der Waals surface area (Å²) in [5, 5.41) is 3.49. The van der Waals surface area contributed by atoms with Crippen molar-refractivity contribution in [2.45, 2.75) is 39.2 Å². The first-order valence-electron chi connectivity index (χ1n) is 5.89. The molecule has 0 radical (unpaired) electrons. The van der Waals surface area contributed by atoms with E-state index in [0.29, 0.717) is 6.04 Å². The second kappa shape index (κ2) is 5.13. The highest BCUT2D eigenvalue weighted by Crippen LogP contribution is 2.30. The summed E-state index contributed by atoms with van der Waals surface area (Å²) in [5.41, 5.74) is 0. The van der Waals surface area contributed by atoms with Crippen LogP contribution in [0.15, 0.2) is 17.0 Å². The molecule has 0 bridgehead atoms. The van der Waals surface area contributed by atoms with Gasteiger partial charge in [0, 0.05) is 12.1 Å². The van der Waals surface area contributed by atoms with Crippen LogP contribution in [0.3, 0.4) is 0 Å². The summed E-state index contributed by atoms with van der Waals surface area (Å²) in [5.74, 6) is 2.58. The predicted molar refractivity (Wildman–Crippen MR) is 69.3 cm³/mol. The zero-order valence-electron chi connectivity index (χ0n) is 9.78. The number of nitrogens with zero attached hydrogens (tertiary/aromatic N) is 2. The van der Waals surface area contributed by atoms with Crippen molar-refractivity contribution in [3.8, 4) is 0 Å². The van der Waals surface area contributed by atoms with Crippen LogP contribution in [0.1, 0.15) is 33.1 Å². The lowest BCUT2D eigenvalue weighted by molar-refractivity contribution is 0.260. The van der Waals surface area contributed by atoms with Crippen molar-refractivity contribution in [1.82, 2.24) is 9.97 Å². The molecule has 1 heterocycles. The number of nitrogens with one attached hydrogen (secondary N) is 1. The fraction of sp³-hybridized carbons (Fsp3) is 0.667. The van der Waals surface area contributed by atoms with Gasteiger partial charge in [-0.3, -0.25) is 0 Å². The quantitative estimate of drug-likeness (QED) is 0.845. The van der Waals surface area contributed by atoms with Crippen molar-refractivity contribution < 1.29 is 0 Å². The summed E-state index contributed by atoms with van der Waals surface area (Å²) in [7, 11) is 0. The molecule has 3 nitrogen and oxygen atoms in total. The molecule has 1 aliphatic carbocycles. The third-order valence-corrected chi connectivity index (χ3v) is 4.02. The highest BCUT2D eigenvalue weighted by atomic mass is 79.9. The minimum Gasteiger partial charge on any atom is -0.367 e. The number of rotatable bonds is 2. The Morgan fingerprint density at radius 1 is 1.25 bits per heavy atom. The van der Waals surface area contributed by atoms with Crippen molar-refractivity contribution in [3.63, 3.8) is 0 Å². The van der Waals surface area contributed by atoms with E-state index in [-0.39, 0.29) is 0 Å². The van der Waals surface area contributed by atoms with Crippen LogP contribution in [0.25, 0.3) is 0 Å². The van der Waals surface area contributed by atoms with Gasteiger partial charge < -0.3 is 5.32 Å². The molecular formula is C12H18BrN3. The Hall–Kier alpha value is -0.640. The molecule has 1 saturated carbocycles. The van der Waals surface area contributed by atoms with Crippen LogP contribution in [0, 0.1) is 11.8 Å². The van der Waals surface area contributed by atoms with Crippen LogP contribution in [0.4, 0.5) is 5.82 Å². The first-order valence-corrected chi connectivity index (χ1v) is 6.68. The molecule has 88 valence electrons. The van der Waals surface area contributed by atoms with E-state index in [1.54, 1.807) is 6.33 Å². The number of hydrogen-bond acceptors (Lipinski definition) is 3. The number of anilines is 1. The first kappa shape index (κ1) is 11.8. The van der Waals surface area contributed by atoms with Crippen LogP contribution >= 0.6 is 15.9 Å². The molecule has 0 amide bonds. The highest BCUT2D eigenvalue weighted by molar-refractivity contribution is 9.10. The topological polar surface area (TPSA) is 37.8 Å². The van der Waals surface area contributed by atoms with E-state index in [1.165, 1.54) is 19.3 Å². The standard InChI is InChI=1S/C12H18BrN3/c1-8-3-4-10(5-9(8)2)16-12-6-11(13)14-7-15-12/h6-10H,3-5H2,1-2H3,(H,14,15,16). The van der Waals surface area contributed by atoms with Gasteiger partial charge in [0.05, 0.1) is 0 Å². The van der Waals surface area contributed by atoms with Crippen molar-refractivity contribution in [2.75, 3.05) is 5.32 Å². The van der Waals surface area contributed by atoms with E-state index < -0.39 is 0 Å². The molecule has 3 atom stereocenters. The Morgan fingerprint density at radius 2 is 2.06 bits per heavy atom. The molecule has 16 heavy (non-hydrogen) atoms. The van der Waals surface area contributed by atoms with Crippen LogP contribution in [0.2, 0.25) is 0 Å². The molecular weight excluding hydrogens is 266 g/mol. The van der Waals surface area contributed by atoms with Gasteiger partial charge >= 0.3 is 0 Å². The smallest absolute Gasteiger partial charge is 0.130 e. The Morgan fingerprint density at radius 3 is 2.75 bits per heavy atom. The van der Waals surface area contributed by atoms with E-state index in [1.807, 2.05) is 6.07 Å². The minimum atomic E-state index is 0.563. The Bertz CT molecular complexity index is 356. The maximum Gasteiger partial charge on any atom is 0.130 e. The van der Waals surface area contributed by atoms with E-state index >= 15 is 0 Å². The highest BCUT2D eigenvalue weighted by Gasteiger charge is 2.24. The molecule has 1 aromatic rings. The Balaban J connectivity index is 1.95. The van der Waals surface area contributed by atoms with Crippen molar-refractivity contribution in [1.29, 1.82) is 0 Å². The van der Waals surface area contributed by atoms with Gasteiger partial charge in [-0.1, -0.05) is 13.8 Å². The molecule has 1 fully saturated rings. The zero-order valence-corrected chi connectivity index (χ0v) is 11.4. The van der Waals surface area contributed by atoms with Crippen LogP contribution < -0.4 is 5.32 Å². The molecule has 1 N–H and O–H groups in total. The molecule has 2 rings (SSSR count). The molecule has 3 unspecified atom stereocenters. The average molecular weight is 284 g/mol. The fourth-order valence-corrected chi connectivity index (χ4v) is 2.61. The Labute approximate surface area is 105 Å². The monoisotopic (exact) mass is 283 g/mol. The van der Waals surface area contributed by atoms with Gasteiger partial charge in [0.1, 0.15) is 16.7 Å². The maximum atomic E-state index is 4.23. The van der Waals surface area contributed by atoms with E-state index in [2.05, 4.69) is 45.1 Å². The van der Waals surface area contributed by atoms with Gasteiger partial charge in [-0.05, 0) is 47.0 Å². The summed E-state index contributed by atoms with van der Waals surface area (Å²) in [6.45, 7) is 4.69. The van der Waals surface area contributed by atoms with Crippen molar-refractivity contribution in [3.05, 3.63) is 17.0 Å². The average Bonchev–Trinajstić information content (AvgIpc) is 2.24. The molecule has 1 aromatic heterocycles. The molecule has 0 aliphatic heterocycles. The Kier molecular flexibility index (Phi) is 3.79. The normalized spacial score (nSPS) is 30.1. The molecule has 4 heteroatoms. The third-order valence-electron chi connectivity index (χ3n) is 3.58. The second-order valence-electron chi connectivity index (χ2n) is 4.83. The van der Waals surface area contributed by atoms with E-state index in [0.717, 1.165) is 22.3 Å². The first-order chi connectivity index (χ1) is 7.65. The van der Waals surface area contributed by atoms with E-state index in [9.17, 15) is 0 Å². The maximum absolute atomic E-state index is 4.23. The SMILES string of the molecule is CC1CCC(Nc2cc(Br)ncn2)CC1C. The lowest BCUT2D eigenvalue weighted by Gasteiger charge is -2.32. The lowest BCUT2D eigenvalue weighted by atomic mass is 9.79. The van der Waals surface area contributed by atoms with E-state index in [4.69, 9.17) is 0 Å². The lowest BCUT2D eigenvalue weighted by Crippen LogP contribution is -2.30. The van der Waals surface area contributed by atoms with Gasteiger partial charge in [-0.2, -0.15) is 0 Å². The fourth-order valence-electron chi connectivity index (χ4n) is 2.30. The number of hydrogen-bond donors (Lipinski definition) is 1. The minimum absolute atomic E-state index is 0.563.